The second-order valence-corrected chi connectivity index (χ2v) is 8.73. The number of primary sulfonamides is 1. The Labute approximate surface area is 191 Å². The Hall–Kier alpha value is -3.95. The Morgan fingerprint density at radius 2 is 1.67 bits per heavy atom. The van der Waals surface area contributed by atoms with Crippen molar-refractivity contribution in [2.45, 2.75) is 4.90 Å². The number of carbonyl (C=O) groups is 1. The van der Waals surface area contributed by atoms with Gasteiger partial charge in [0.05, 0.1) is 35.9 Å². The molecule has 9 heteroatoms. The first-order valence-electron chi connectivity index (χ1n) is 9.86. The number of rotatable bonds is 6. The van der Waals surface area contributed by atoms with Crippen molar-refractivity contribution in [3.05, 3.63) is 78.4 Å². The third kappa shape index (κ3) is 4.64. The largest absolute Gasteiger partial charge is 0.493 e. The van der Waals surface area contributed by atoms with Gasteiger partial charge in [-0.05, 0) is 48.5 Å². The second kappa shape index (κ2) is 8.89. The number of benzene rings is 3. The molecular formula is C24H21N3O5S. The maximum atomic E-state index is 13.2. The average Bonchev–Trinajstić information content (AvgIpc) is 2.82. The quantitative estimate of drug-likeness (QED) is 0.448. The summed E-state index contributed by atoms with van der Waals surface area (Å²) < 4.78 is 34.0. The maximum absolute atomic E-state index is 13.2. The van der Waals surface area contributed by atoms with E-state index in [1.807, 2.05) is 24.3 Å². The summed E-state index contributed by atoms with van der Waals surface area (Å²) in [6.07, 6.45) is 0. The number of nitrogens with one attached hydrogen (secondary N) is 1. The van der Waals surface area contributed by atoms with Crippen LogP contribution >= 0.6 is 0 Å². The second-order valence-electron chi connectivity index (χ2n) is 7.17. The molecule has 0 aliphatic heterocycles. The molecule has 33 heavy (non-hydrogen) atoms. The van der Waals surface area contributed by atoms with Gasteiger partial charge >= 0.3 is 0 Å². The Bertz CT molecular complexity index is 1470. The van der Waals surface area contributed by atoms with E-state index in [4.69, 9.17) is 19.6 Å². The number of ether oxygens (including phenoxy) is 2. The SMILES string of the molecule is COc1ccc(-c2cc(C(=O)Nc3cccc(S(N)(=O)=O)c3)c3ccccc3n2)cc1OC. The van der Waals surface area contributed by atoms with Crippen LogP contribution in [0, 0.1) is 0 Å². The lowest BCUT2D eigenvalue weighted by atomic mass is 10.0. The van der Waals surface area contributed by atoms with Crippen LogP contribution in [0.1, 0.15) is 10.4 Å². The van der Waals surface area contributed by atoms with Crippen LogP contribution in [0.25, 0.3) is 22.2 Å². The van der Waals surface area contributed by atoms with Crippen LogP contribution in [0.4, 0.5) is 5.69 Å². The monoisotopic (exact) mass is 463 g/mol. The van der Waals surface area contributed by atoms with Gasteiger partial charge in [0, 0.05) is 16.6 Å². The van der Waals surface area contributed by atoms with E-state index >= 15 is 0 Å². The standard InChI is InChI=1S/C24H21N3O5S/c1-31-22-11-10-15(12-23(22)32-2)21-14-19(18-8-3-4-9-20(18)27-21)24(28)26-16-6-5-7-17(13-16)33(25,29)30/h3-14H,1-2H3,(H,26,28)(H2,25,29,30). The molecule has 8 nitrogen and oxygen atoms in total. The fourth-order valence-electron chi connectivity index (χ4n) is 3.46. The Morgan fingerprint density at radius 1 is 0.909 bits per heavy atom. The predicted octanol–water partition coefficient (Wildman–Crippen LogP) is 3.82. The summed E-state index contributed by atoms with van der Waals surface area (Å²) in [5, 5.41) is 8.61. The van der Waals surface area contributed by atoms with Gasteiger partial charge in [-0.15, -0.1) is 0 Å². The zero-order valence-corrected chi connectivity index (χ0v) is 18.7. The van der Waals surface area contributed by atoms with Gasteiger partial charge in [-0.3, -0.25) is 4.79 Å². The van der Waals surface area contributed by atoms with Gasteiger partial charge in [-0.25, -0.2) is 18.5 Å². The van der Waals surface area contributed by atoms with E-state index in [0.29, 0.717) is 39.3 Å². The number of amides is 1. The third-order valence-corrected chi connectivity index (χ3v) is 5.97. The van der Waals surface area contributed by atoms with Crippen LogP contribution in [0.3, 0.4) is 0 Å². The highest BCUT2D eigenvalue weighted by molar-refractivity contribution is 7.89. The molecule has 4 rings (SSSR count). The van der Waals surface area contributed by atoms with E-state index in [0.717, 1.165) is 5.56 Å². The molecule has 0 aliphatic carbocycles. The summed E-state index contributed by atoms with van der Waals surface area (Å²) in [5.74, 6) is 0.701. The molecule has 1 amide bonds. The minimum Gasteiger partial charge on any atom is -0.493 e. The molecule has 3 N–H and O–H groups in total. The Balaban J connectivity index is 1.79. The summed E-state index contributed by atoms with van der Waals surface area (Å²) >= 11 is 0. The van der Waals surface area contributed by atoms with Crippen LogP contribution in [-0.2, 0) is 10.0 Å². The molecule has 0 saturated heterocycles. The van der Waals surface area contributed by atoms with Crippen molar-refractivity contribution in [2.75, 3.05) is 19.5 Å². The molecule has 3 aromatic carbocycles. The van der Waals surface area contributed by atoms with Gasteiger partial charge in [-0.1, -0.05) is 24.3 Å². The number of hydrogen-bond donors (Lipinski definition) is 2. The fraction of sp³-hybridized carbons (Fsp3) is 0.0833. The first kappa shape index (κ1) is 22.3. The average molecular weight is 464 g/mol. The molecule has 1 aromatic heterocycles. The highest BCUT2D eigenvalue weighted by atomic mass is 32.2. The molecule has 0 radical (unpaired) electrons. The van der Waals surface area contributed by atoms with E-state index in [2.05, 4.69) is 5.32 Å². The molecule has 0 spiro atoms. The molecule has 168 valence electrons. The summed E-state index contributed by atoms with van der Waals surface area (Å²) in [6.45, 7) is 0. The lowest BCUT2D eigenvalue weighted by molar-refractivity contribution is 0.102. The van der Waals surface area contributed by atoms with Crippen LogP contribution < -0.4 is 19.9 Å². The topological polar surface area (TPSA) is 121 Å². The van der Waals surface area contributed by atoms with Crippen molar-refractivity contribution < 1.29 is 22.7 Å². The molecule has 0 aliphatic rings. The van der Waals surface area contributed by atoms with Crippen molar-refractivity contribution in [2.24, 2.45) is 5.14 Å². The zero-order chi connectivity index (χ0) is 23.6. The van der Waals surface area contributed by atoms with Crippen LogP contribution in [0.2, 0.25) is 0 Å². The van der Waals surface area contributed by atoms with Gasteiger partial charge in [0.25, 0.3) is 5.91 Å². The molecule has 0 fully saturated rings. The number of pyridine rings is 1. The Morgan fingerprint density at radius 3 is 2.39 bits per heavy atom. The molecule has 0 bridgehead atoms. The molecular weight excluding hydrogens is 442 g/mol. The predicted molar refractivity (Wildman–Crippen MR) is 126 cm³/mol. The van der Waals surface area contributed by atoms with Gasteiger partial charge < -0.3 is 14.8 Å². The number of methoxy groups -OCH3 is 2. The summed E-state index contributed by atoms with van der Waals surface area (Å²) in [7, 11) is -0.799. The lowest BCUT2D eigenvalue weighted by Gasteiger charge is -2.13. The molecule has 0 saturated carbocycles. The summed E-state index contributed by atoms with van der Waals surface area (Å²) in [5.41, 5.74) is 2.63. The number of anilines is 1. The minimum absolute atomic E-state index is 0.0918. The fourth-order valence-corrected chi connectivity index (χ4v) is 4.02. The smallest absolute Gasteiger partial charge is 0.256 e. The van der Waals surface area contributed by atoms with Crippen LogP contribution in [0.5, 0.6) is 11.5 Å². The van der Waals surface area contributed by atoms with Crippen molar-refractivity contribution in [3.8, 4) is 22.8 Å². The van der Waals surface area contributed by atoms with Gasteiger partial charge in [0.1, 0.15) is 0 Å². The number of aromatic nitrogens is 1. The highest BCUT2D eigenvalue weighted by Crippen LogP contribution is 2.33. The summed E-state index contributed by atoms with van der Waals surface area (Å²) in [4.78, 5) is 17.8. The minimum atomic E-state index is -3.90. The molecule has 4 aromatic rings. The van der Waals surface area contributed by atoms with Crippen molar-refractivity contribution in [3.63, 3.8) is 0 Å². The number of sulfonamides is 1. The number of carbonyl (C=O) groups excluding carboxylic acids is 1. The molecule has 0 atom stereocenters. The van der Waals surface area contributed by atoms with E-state index in [1.165, 1.54) is 18.2 Å². The first-order chi connectivity index (χ1) is 15.8. The van der Waals surface area contributed by atoms with E-state index < -0.39 is 15.9 Å². The van der Waals surface area contributed by atoms with Crippen molar-refractivity contribution >= 4 is 32.5 Å². The zero-order valence-electron chi connectivity index (χ0n) is 17.9. The number of nitrogens with two attached hydrogens (primary N) is 1. The van der Waals surface area contributed by atoms with Crippen LogP contribution in [0.15, 0.2) is 77.7 Å². The molecule has 0 unspecified atom stereocenters. The first-order valence-corrected chi connectivity index (χ1v) is 11.4. The van der Waals surface area contributed by atoms with E-state index in [9.17, 15) is 13.2 Å². The van der Waals surface area contributed by atoms with E-state index in [-0.39, 0.29) is 4.90 Å². The lowest BCUT2D eigenvalue weighted by Crippen LogP contribution is -2.15. The van der Waals surface area contributed by atoms with Crippen molar-refractivity contribution in [1.82, 2.24) is 4.98 Å². The van der Waals surface area contributed by atoms with Gasteiger partial charge in [-0.2, -0.15) is 0 Å². The van der Waals surface area contributed by atoms with Crippen molar-refractivity contribution in [1.29, 1.82) is 0 Å². The third-order valence-electron chi connectivity index (χ3n) is 5.06. The van der Waals surface area contributed by atoms with E-state index in [1.54, 1.807) is 44.6 Å². The van der Waals surface area contributed by atoms with Crippen LogP contribution in [-0.4, -0.2) is 33.5 Å². The van der Waals surface area contributed by atoms with Gasteiger partial charge in [0.2, 0.25) is 10.0 Å². The summed E-state index contributed by atoms with van der Waals surface area (Å²) in [6, 6.07) is 20.1. The van der Waals surface area contributed by atoms with Gasteiger partial charge in [0.15, 0.2) is 11.5 Å². The number of fused-ring (bicyclic) bond motifs is 1. The normalized spacial score (nSPS) is 11.2. The highest BCUT2D eigenvalue weighted by Gasteiger charge is 2.16. The Kier molecular flexibility index (Phi) is 5.99. The molecule has 1 heterocycles. The maximum Gasteiger partial charge on any atom is 0.256 e. The number of para-hydroxylation sites is 1. The number of nitrogens with zero attached hydrogens (tertiary/aromatic N) is 1. The number of hydrogen-bond acceptors (Lipinski definition) is 6.